The van der Waals surface area contributed by atoms with Crippen molar-refractivity contribution in [3.05, 3.63) is 0 Å². The van der Waals surface area contributed by atoms with Crippen molar-refractivity contribution in [2.24, 2.45) is 11.8 Å². The summed E-state index contributed by atoms with van der Waals surface area (Å²) in [4.78, 5) is 0. The maximum absolute atomic E-state index is 5.49. The molecule has 1 aliphatic rings. The lowest BCUT2D eigenvalue weighted by atomic mass is 9.83. The first-order valence-electron chi connectivity index (χ1n) is 7.68. The second-order valence-electron chi connectivity index (χ2n) is 5.55. The SMILES string of the molecule is COCCOCCOCCNCC1CCC(C)CC1. The van der Waals surface area contributed by atoms with Gasteiger partial charge >= 0.3 is 0 Å². The van der Waals surface area contributed by atoms with Gasteiger partial charge in [-0.25, -0.2) is 0 Å². The Labute approximate surface area is 118 Å². The summed E-state index contributed by atoms with van der Waals surface area (Å²) in [5, 5.41) is 3.50. The maximum Gasteiger partial charge on any atom is 0.0701 e. The number of hydrogen-bond donors (Lipinski definition) is 1. The first kappa shape index (κ1) is 16.9. The molecule has 0 unspecified atom stereocenters. The van der Waals surface area contributed by atoms with Crippen LogP contribution >= 0.6 is 0 Å². The molecule has 0 radical (unpaired) electrons. The van der Waals surface area contributed by atoms with Gasteiger partial charge in [0.15, 0.2) is 0 Å². The van der Waals surface area contributed by atoms with Gasteiger partial charge in [0, 0.05) is 13.7 Å². The van der Waals surface area contributed by atoms with E-state index in [1.807, 2.05) is 0 Å². The lowest BCUT2D eigenvalue weighted by Gasteiger charge is -2.26. The van der Waals surface area contributed by atoms with Crippen molar-refractivity contribution in [1.82, 2.24) is 5.32 Å². The third-order valence-corrected chi connectivity index (χ3v) is 3.80. The molecule has 1 fully saturated rings. The standard InChI is InChI=1S/C15H31NO3/c1-14-3-5-15(6-4-14)13-16-7-8-18-11-12-19-10-9-17-2/h14-16H,3-13H2,1-2H3. The average Bonchev–Trinajstić information content (AvgIpc) is 2.43. The zero-order valence-corrected chi connectivity index (χ0v) is 12.7. The van der Waals surface area contributed by atoms with E-state index in [1.165, 1.54) is 25.7 Å². The summed E-state index contributed by atoms with van der Waals surface area (Å²) < 4.78 is 15.7. The molecule has 1 saturated carbocycles. The van der Waals surface area contributed by atoms with Gasteiger partial charge in [0.2, 0.25) is 0 Å². The molecule has 4 nitrogen and oxygen atoms in total. The largest absolute Gasteiger partial charge is 0.382 e. The van der Waals surface area contributed by atoms with Gasteiger partial charge in [-0.15, -0.1) is 0 Å². The van der Waals surface area contributed by atoms with E-state index < -0.39 is 0 Å². The highest BCUT2D eigenvalue weighted by molar-refractivity contribution is 4.71. The first-order chi connectivity index (χ1) is 9.33. The molecule has 1 rings (SSSR count). The van der Waals surface area contributed by atoms with Gasteiger partial charge in [0.1, 0.15) is 0 Å². The molecule has 0 aromatic rings. The number of nitrogens with one attached hydrogen (secondary N) is 1. The molecule has 19 heavy (non-hydrogen) atoms. The van der Waals surface area contributed by atoms with Gasteiger partial charge in [-0.1, -0.05) is 19.8 Å². The van der Waals surface area contributed by atoms with Gasteiger partial charge in [0.05, 0.1) is 33.0 Å². The van der Waals surface area contributed by atoms with E-state index in [1.54, 1.807) is 7.11 Å². The predicted octanol–water partition coefficient (Wildman–Crippen LogP) is 2.08. The fourth-order valence-electron chi connectivity index (χ4n) is 2.45. The zero-order valence-electron chi connectivity index (χ0n) is 12.7. The van der Waals surface area contributed by atoms with Gasteiger partial charge in [-0.2, -0.15) is 0 Å². The van der Waals surface area contributed by atoms with Crippen LogP contribution in [0.5, 0.6) is 0 Å². The van der Waals surface area contributed by atoms with Crippen molar-refractivity contribution in [2.45, 2.75) is 32.6 Å². The molecule has 1 N–H and O–H groups in total. The Morgan fingerprint density at radius 1 is 0.895 bits per heavy atom. The average molecular weight is 273 g/mol. The van der Waals surface area contributed by atoms with Crippen LogP contribution in [-0.2, 0) is 14.2 Å². The normalized spacial score (nSPS) is 23.7. The quantitative estimate of drug-likeness (QED) is 0.585. The molecule has 0 amide bonds. The number of rotatable bonds is 11. The van der Waals surface area contributed by atoms with Crippen LogP contribution in [0, 0.1) is 11.8 Å². The van der Waals surface area contributed by atoms with Crippen molar-refractivity contribution in [3.63, 3.8) is 0 Å². The van der Waals surface area contributed by atoms with Gasteiger partial charge in [0.25, 0.3) is 0 Å². The predicted molar refractivity (Wildman–Crippen MR) is 77.5 cm³/mol. The summed E-state index contributed by atoms with van der Waals surface area (Å²) in [5.74, 6) is 1.83. The minimum absolute atomic E-state index is 0.651. The molecule has 0 spiro atoms. The lowest BCUT2D eigenvalue weighted by Crippen LogP contribution is -2.28. The summed E-state index contributed by atoms with van der Waals surface area (Å²) >= 11 is 0. The van der Waals surface area contributed by atoms with Gasteiger partial charge in [-0.05, 0) is 31.2 Å². The third-order valence-electron chi connectivity index (χ3n) is 3.80. The molecule has 0 bridgehead atoms. The van der Waals surface area contributed by atoms with Crippen molar-refractivity contribution in [2.75, 3.05) is 53.2 Å². The summed E-state index contributed by atoms with van der Waals surface area (Å²) in [7, 11) is 1.68. The Bertz CT molecular complexity index is 194. The highest BCUT2D eigenvalue weighted by Crippen LogP contribution is 2.27. The van der Waals surface area contributed by atoms with E-state index in [-0.39, 0.29) is 0 Å². The van der Waals surface area contributed by atoms with E-state index in [0.717, 1.165) is 31.5 Å². The molecule has 0 atom stereocenters. The minimum Gasteiger partial charge on any atom is -0.382 e. The van der Waals surface area contributed by atoms with Gasteiger partial charge < -0.3 is 19.5 Å². The number of methoxy groups -OCH3 is 1. The van der Waals surface area contributed by atoms with E-state index in [9.17, 15) is 0 Å². The van der Waals surface area contributed by atoms with Crippen LogP contribution in [0.25, 0.3) is 0 Å². The Kier molecular flexibility index (Phi) is 10.4. The summed E-state index contributed by atoms with van der Waals surface area (Å²) in [6, 6.07) is 0. The molecule has 0 aromatic heterocycles. The van der Waals surface area contributed by atoms with E-state index in [2.05, 4.69) is 12.2 Å². The summed E-state index contributed by atoms with van der Waals surface area (Å²) in [5.41, 5.74) is 0. The highest BCUT2D eigenvalue weighted by atomic mass is 16.5. The Balaban J connectivity index is 1.76. The second-order valence-corrected chi connectivity index (χ2v) is 5.55. The summed E-state index contributed by atoms with van der Waals surface area (Å²) in [6.07, 6.45) is 5.59. The van der Waals surface area contributed by atoms with Crippen molar-refractivity contribution in [1.29, 1.82) is 0 Å². The van der Waals surface area contributed by atoms with E-state index in [4.69, 9.17) is 14.2 Å². The zero-order chi connectivity index (χ0) is 13.8. The van der Waals surface area contributed by atoms with E-state index in [0.29, 0.717) is 26.4 Å². The number of ether oxygens (including phenoxy) is 3. The molecule has 0 saturated heterocycles. The fraction of sp³-hybridized carbons (Fsp3) is 1.00. The molecule has 0 aromatic carbocycles. The Morgan fingerprint density at radius 3 is 2.21 bits per heavy atom. The smallest absolute Gasteiger partial charge is 0.0701 e. The topological polar surface area (TPSA) is 39.7 Å². The lowest BCUT2D eigenvalue weighted by molar-refractivity contribution is 0.0254. The fourth-order valence-corrected chi connectivity index (χ4v) is 2.45. The Morgan fingerprint density at radius 2 is 1.53 bits per heavy atom. The molecular weight excluding hydrogens is 242 g/mol. The first-order valence-corrected chi connectivity index (χ1v) is 7.68. The molecule has 0 heterocycles. The highest BCUT2D eigenvalue weighted by Gasteiger charge is 2.17. The molecule has 0 aliphatic heterocycles. The van der Waals surface area contributed by atoms with Crippen molar-refractivity contribution in [3.8, 4) is 0 Å². The minimum atomic E-state index is 0.651. The molecular formula is C15H31NO3. The van der Waals surface area contributed by atoms with Crippen LogP contribution in [-0.4, -0.2) is 53.2 Å². The van der Waals surface area contributed by atoms with Crippen LogP contribution < -0.4 is 5.32 Å². The second kappa shape index (κ2) is 11.6. The molecule has 114 valence electrons. The van der Waals surface area contributed by atoms with Crippen LogP contribution in [0.2, 0.25) is 0 Å². The third kappa shape index (κ3) is 9.38. The van der Waals surface area contributed by atoms with Crippen LogP contribution in [0.3, 0.4) is 0 Å². The molecule has 4 heteroatoms. The van der Waals surface area contributed by atoms with Crippen molar-refractivity contribution < 1.29 is 14.2 Å². The maximum atomic E-state index is 5.49. The van der Waals surface area contributed by atoms with Crippen LogP contribution in [0.4, 0.5) is 0 Å². The van der Waals surface area contributed by atoms with E-state index >= 15 is 0 Å². The number of hydrogen-bond acceptors (Lipinski definition) is 4. The van der Waals surface area contributed by atoms with Crippen LogP contribution in [0.15, 0.2) is 0 Å². The molecule has 1 aliphatic carbocycles. The summed E-state index contributed by atoms with van der Waals surface area (Å²) in [6.45, 7) is 7.88. The monoisotopic (exact) mass is 273 g/mol. The van der Waals surface area contributed by atoms with Gasteiger partial charge in [-0.3, -0.25) is 0 Å². The van der Waals surface area contributed by atoms with Crippen LogP contribution in [0.1, 0.15) is 32.6 Å². The van der Waals surface area contributed by atoms with Crippen molar-refractivity contribution >= 4 is 0 Å². The Hall–Kier alpha value is -0.160.